The maximum atomic E-state index is 12.0. The summed E-state index contributed by atoms with van der Waals surface area (Å²) in [5.74, 6) is -0.283. The Kier molecular flexibility index (Phi) is 6.20. The molecule has 1 aromatic heterocycles. The summed E-state index contributed by atoms with van der Waals surface area (Å²) in [7, 11) is 0. The van der Waals surface area contributed by atoms with E-state index in [4.69, 9.17) is 5.73 Å². The number of anilines is 1. The Morgan fingerprint density at radius 2 is 2.00 bits per heavy atom. The van der Waals surface area contributed by atoms with Gasteiger partial charge in [-0.15, -0.1) is 0 Å². The fourth-order valence-corrected chi connectivity index (χ4v) is 1.80. The molecule has 0 spiro atoms. The number of aromatic amines is 1. The van der Waals surface area contributed by atoms with E-state index in [1.165, 1.54) is 0 Å². The second-order valence-electron chi connectivity index (χ2n) is 5.44. The van der Waals surface area contributed by atoms with E-state index in [2.05, 4.69) is 20.8 Å². The van der Waals surface area contributed by atoms with E-state index in [1.807, 2.05) is 27.7 Å². The summed E-state index contributed by atoms with van der Waals surface area (Å²) in [4.78, 5) is 23.5. The number of hydrogen-bond donors (Lipinski definition) is 4. The summed E-state index contributed by atoms with van der Waals surface area (Å²) in [6.45, 7) is 8.12. The molecule has 1 heterocycles. The molecule has 0 saturated heterocycles. The van der Waals surface area contributed by atoms with Gasteiger partial charge in [0, 0.05) is 19.0 Å². The summed E-state index contributed by atoms with van der Waals surface area (Å²) in [5.41, 5.74) is 7.18. The molecule has 7 heteroatoms. The molecule has 0 fully saturated rings. The van der Waals surface area contributed by atoms with Crippen molar-refractivity contribution in [3.63, 3.8) is 0 Å². The van der Waals surface area contributed by atoms with Crippen LogP contribution >= 0.6 is 0 Å². The zero-order valence-electron chi connectivity index (χ0n) is 13.1. The van der Waals surface area contributed by atoms with Crippen molar-refractivity contribution in [3.8, 4) is 0 Å². The van der Waals surface area contributed by atoms with Gasteiger partial charge in [-0.2, -0.15) is 5.10 Å². The molecule has 0 radical (unpaired) electrons. The number of carbonyl (C=O) groups excluding carboxylic acids is 2. The average molecular weight is 295 g/mol. The first-order valence-corrected chi connectivity index (χ1v) is 7.28. The topological polar surface area (TPSA) is 113 Å². The van der Waals surface area contributed by atoms with Crippen molar-refractivity contribution in [1.29, 1.82) is 0 Å². The molecule has 1 atom stereocenters. The normalized spacial score (nSPS) is 12.2. The standard InChI is InChI=1S/C14H25N5O2/c1-5-9(4)17-10(20)6-7-16-14(21)13-11(15)12(8(2)3)18-19-13/h8-9H,5-7,15H2,1-4H3,(H,16,21)(H,17,20)(H,18,19). The highest BCUT2D eigenvalue weighted by atomic mass is 16.2. The fraction of sp³-hybridized carbons (Fsp3) is 0.643. The highest BCUT2D eigenvalue weighted by Gasteiger charge is 2.18. The lowest BCUT2D eigenvalue weighted by molar-refractivity contribution is -0.121. The number of amides is 2. The largest absolute Gasteiger partial charge is 0.395 e. The Balaban J connectivity index is 2.46. The zero-order chi connectivity index (χ0) is 16.0. The first kappa shape index (κ1) is 17.0. The maximum absolute atomic E-state index is 12.0. The van der Waals surface area contributed by atoms with Gasteiger partial charge in [-0.3, -0.25) is 14.7 Å². The van der Waals surface area contributed by atoms with E-state index in [1.54, 1.807) is 0 Å². The monoisotopic (exact) mass is 295 g/mol. The van der Waals surface area contributed by atoms with Gasteiger partial charge < -0.3 is 16.4 Å². The van der Waals surface area contributed by atoms with Gasteiger partial charge >= 0.3 is 0 Å². The molecule has 0 aliphatic rings. The lowest BCUT2D eigenvalue weighted by Gasteiger charge is -2.11. The lowest BCUT2D eigenvalue weighted by Crippen LogP contribution is -2.35. The molecule has 1 unspecified atom stereocenters. The third kappa shape index (κ3) is 4.77. The van der Waals surface area contributed by atoms with Crippen molar-refractivity contribution in [2.24, 2.45) is 0 Å². The zero-order valence-corrected chi connectivity index (χ0v) is 13.1. The van der Waals surface area contributed by atoms with Crippen molar-refractivity contribution in [3.05, 3.63) is 11.4 Å². The van der Waals surface area contributed by atoms with Crippen LogP contribution in [-0.4, -0.2) is 34.6 Å². The highest BCUT2D eigenvalue weighted by molar-refractivity contribution is 5.97. The number of rotatable bonds is 7. The van der Waals surface area contributed by atoms with Gasteiger partial charge in [-0.25, -0.2) is 0 Å². The van der Waals surface area contributed by atoms with E-state index >= 15 is 0 Å². The van der Waals surface area contributed by atoms with Crippen LogP contribution in [0.25, 0.3) is 0 Å². The van der Waals surface area contributed by atoms with Crippen LogP contribution in [0.1, 0.15) is 62.6 Å². The first-order valence-electron chi connectivity index (χ1n) is 7.28. The fourth-order valence-electron chi connectivity index (χ4n) is 1.80. The number of carbonyl (C=O) groups is 2. The molecule has 118 valence electrons. The van der Waals surface area contributed by atoms with Gasteiger partial charge in [-0.1, -0.05) is 20.8 Å². The number of nitrogen functional groups attached to an aromatic ring is 1. The smallest absolute Gasteiger partial charge is 0.273 e. The summed E-state index contributed by atoms with van der Waals surface area (Å²) < 4.78 is 0. The Morgan fingerprint density at radius 3 is 2.52 bits per heavy atom. The van der Waals surface area contributed by atoms with E-state index in [0.29, 0.717) is 5.69 Å². The molecule has 0 aromatic carbocycles. The van der Waals surface area contributed by atoms with Gasteiger partial charge in [-0.05, 0) is 19.3 Å². The highest BCUT2D eigenvalue weighted by Crippen LogP contribution is 2.21. The minimum atomic E-state index is -0.369. The molecule has 0 aliphatic carbocycles. The van der Waals surface area contributed by atoms with E-state index in [-0.39, 0.29) is 42.4 Å². The molecule has 21 heavy (non-hydrogen) atoms. The number of H-pyrrole nitrogens is 1. The van der Waals surface area contributed by atoms with E-state index in [9.17, 15) is 9.59 Å². The minimum absolute atomic E-state index is 0.0810. The van der Waals surface area contributed by atoms with Crippen LogP contribution in [0.2, 0.25) is 0 Å². The van der Waals surface area contributed by atoms with Crippen molar-refractivity contribution in [2.45, 2.75) is 52.5 Å². The number of nitrogens with one attached hydrogen (secondary N) is 3. The van der Waals surface area contributed by atoms with Crippen LogP contribution in [0.3, 0.4) is 0 Å². The van der Waals surface area contributed by atoms with Gasteiger partial charge in [0.1, 0.15) is 0 Å². The minimum Gasteiger partial charge on any atom is -0.395 e. The second-order valence-corrected chi connectivity index (χ2v) is 5.44. The SMILES string of the molecule is CCC(C)NC(=O)CCNC(=O)c1n[nH]c(C(C)C)c1N. The molecule has 1 rings (SSSR count). The molecular weight excluding hydrogens is 270 g/mol. The molecule has 7 nitrogen and oxygen atoms in total. The maximum Gasteiger partial charge on any atom is 0.273 e. The van der Waals surface area contributed by atoms with Crippen LogP contribution in [0, 0.1) is 0 Å². The van der Waals surface area contributed by atoms with Crippen molar-refractivity contribution in [2.75, 3.05) is 12.3 Å². The average Bonchev–Trinajstić information content (AvgIpc) is 2.80. The lowest BCUT2D eigenvalue weighted by atomic mass is 10.1. The van der Waals surface area contributed by atoms with Gasteiger partial charge in [0.15, 0.2) is 5.69 Å². The summed E-state index contributed by atoms with van der Waals surface area (Å²) in [6.07, 6.45) is 1.11. The Morgan fingerprint density at radius 1 is 1.33 bits per heavy atom. The summed E-state index contributed by atoms with van der Waals surface area (Å²) in [5, 5.41) is 12.2. The second kappa shape index (κ2) is 7.66. The quantitative estimate of drug-likeness (QED) is 0.604. The van der Waals surface area contributed by atoms with Crippen LogP contribution < -0.4 is 16.4 Å². The molecule has 2 amide bonds. The van der Waals surface area contributed by atoms with Crippen molar-refractivity contribution in [1.82, 2.24) is 20.8 Å². The predicted molar refractivity (Wildman–Crippen MR) is 81.9 cm³/mol. The number of aromatic nitrogens is 2. The third-order valence-corrected chi connectivity index (χ3v) is 3.28. The molecule has 0 saturated carbocycles. The Labute approximate surface area is 125 Å². The van der Waals surface area contributed by atoms with E-state index in [0.717, 1.165) is 12.1 Å². The Hall–Kier alpha value is -2.05. The third-order valence-electron chi connectivity index (χ3n) is 3.28. The summed E-state index contributed by atoms with van der Waals surface area (Å²) in [6, 6.07) is 0.142. The molecule has 0 aliphatic heterocycles. The van der Waals surface area contributed by atoms with Gasteiger partial charge in [0.2, 0.25) is 5.91 Å². The van der Waals surface area contributed by atoms with Gasteiger partial charge in [0.25, 0.3) is 5.91 Å². The first-order chi connectivity index (χ1) is 9.86. The number of nitrogens with zero attached hydrogens (tertiary/aromatic N) is 1. The molecule has 5 N–H and O–H groups in total. The van der Waals surface area contributed by atoms with Crippen LogP contribution in [0.4, 0.5) is 5.69 Å². The number of nitrogens with two attached hydrogens (primary N) is 1. The van der Waals surface area contributed by atoms with Gasteiger partial charge in [0.05, 0.1) is 11.4 Å². The van der Waals surface area contributed by atoms with Crippen molar-refractivity contribution >= 4 is 17.5 Å². The molecular formula is C14H25N5O2. The summed E-state index contributed by atoms with van der Waals surface area (Å²) >= 11 is 0. The molecule has 1 aromatic rings. The Bertz CT molecular complexity index is 496. The van der Waals surface area contributed by atoms with Crippen LogP contribution in [0.15, 0.2) is 0 Å². The number of hydrogen-bond acceptors (Lipinski definition) is 4. The predicted octanol–water partition coefficient (Wildman–Crippen LogP) is 1.15. The molecule has 0 bridgehead atoms. The van der Waals surface area contributed by atoms with Crippen LogP contribution in [-0.2, 0) is 4.79 Å². The van der Waals surface area contributed by atoms with E-state index < -0.39 is 0 Å². The van der Waals surface area contributed by atoms with Crippen molar-refractivity contribution < 1.29 is 9.59 Å². The van der Waals surface area contributed by atoms with Crippen LogP contribution in [0.5, 0.6) is 0 Å².